The van der Waals surface area contributed by atoms with Crippen LogP contribution in [0.15, 0.2) is 28.7 Å². The second-order valence-corrected chi connectivity index (χ2v) is 2.79. The van der Waals surface area contributed by atoms with Crippen molar-refractivity contribution in [2.45, 2.75) is 6.18 Å². The Balaban J connectivity index is 2.63. The fraction of sp³-hybridized carbons (Fsp3) is 0.111. The molecule has 0 spiro atoms. The monoisotopic (exact) mass is 204 g/mol. The maximum atomic E-state index is 12.6. The third-order valence-corrected chi connectivity index (χ3v) is 1.76. The first-order valence-corrected chi connectivity index (χ1v) is 3.73. The average molecular weight is 204 g/mol. The van der Waals surface area contributed by atoms with Crippen molar-refractivity contribution >= 4 is 11.0 Å². The van der Waals surface area contributed by atoms with Crippen LogP contribution in [0.4, 0.5) is 17.6 Å². The standard InChI is InChI=1S/C9H4F4O/c10-6-2-1-5-3-8(9(11,12)13)14-7(5)4-6/h1-4H. The number of halogens is 4. The van der Waals surface area contributed by atoms with Crippen LogP contribution in [-0.2, 0) is 6.18 Å². The molecule has 0 bridgehead atoms. The highest BCUT2D eigenvalue weighted by atomic mass is 19.4. The SMILES string of the molecule is Fc1ccc2cc(C(F)(F)F)oc2c1. The molecular formula is C9H4F4O. The Morgan fingerprint density at radius 2 is 1.79 bits per heavy atom. The summed E-state index contributed by atoms with van der Waals surface area (Å²) in [6, 6.07) is 4.08. The van der Waals surface area contributed by atoms with Crippen LogP contribution in [0, 0.1) is 5.82 Å². The lowest BCUT2D eigenvalue weighted by Gasteiger charge is -1.98. The van der Waals surface area contributed by atoms with Gasteiger partial charge in [0.1, 0.15) is 11.4 Å². The van der Waals surface area contributed by atoms with Gasteiger partial charge < -0.3 is 4.42 Å². The summed E-state index contributed by atoms with van der Waals surface area (Å²) in [6.45, 7) is 0. The zero-order chi connectivity index (χ0) is 10.3. The van der Waals surface area contributed by atoms with E-state index in [1.165, 1.54) is 6.07 Å². The van der Waals surface area contributed by atoms with Crippen LogP contribution in [0.2, 0.25) is 0 Å². The van der Waals surface area contributed by atoms with E-state index in [9.17, 15) is 17.6 Å². The minimum atomic E-state index is -4.53. The molecule has 0 aliphatic heterocycles. The first-order chi connectivity index (χ1) is 6.47. The van der Waals surface area contributed by atoms with E-state index >= 15 is 0 Å². The summed E-state index contributed by atoms with van der Waals surface area (Å²) < 4.78 is 53.5. The number of hydrogen-bond donors (Lipinski definition) is 0. The Bertz CT molecular complexity index is 469. The molecule has 0 atom stereocenters. The molecule has 0 aliphatic rings. The van der Waals surface area contributed by atoms with Gasteiger partial charge in [-0.1, -0.05) is 0 Å². The van der Waals surface area contributed by atoms with Crippen LogP contribution in [0.1, 0.15) is 5.76 Å². The highest BCUT2D eigenvalue weighted by molar-refractivity contribution is 5.77. The van der Waals surface area contributed by atoms with Gasteiger partial charge >= 0.3 is 6.18 Å². The zero-order valence-electron chi connectivity index (χ0n) is 6.73. The fourth-order valence-electron chi connectivity index (χ4n) is 1.14. The average Bonchev–Trinajstić information content (AvgIpc) is 2.45. The minimum absolute atomic E-state index is 0.0997. The van der Waals surface area contributed by atoms with E-state index in [1.807, 2.05) is 0 Å². The molecule has 5 heteroatoms. The number of furan rings is 1. The molecule has 2 rings (SSSR count). The van der Waals surface area contributed by atoms with Crippen molar-refractivity contribution in [3.05, 3.63) is 35.8 Å². The van der Waals surface area contributed by atoms with Crippen molar-refractivity contribution in [3.63, 3.8) is 0 Å². The molecule has 1 heterocycles. The Hall–Kier alpha value is -1.52. The van der Waals surface area contributed by atoms with Gasteiger partial charge in [-0.2, -0.15) is 13.2 Å². The Morgan fingerprint density at radius 1 is 1.07 bits per heavy atom. The summed E-state index contributed by atoms with van der Waals surface area (Å²) in [5.41, 5.74) is -0.0997. The maximum Gasteiger partial charge on any atom is 0.449 e. The van der Waals surface area contributed by atoms with E-state index in [-0.39, 0.29) is 11.0 Å². The normalized spacial score (nSPS) is 12.3. The Labute approximate surface area is 75.9 Å². The van der Waals surface area contributed by atoms with Crippen molar-refractivity contribution in [2.75, 3.05) is 0 Å². The molecule has 14 heavy (non-hydrogen) atoms. The second-order valence-electron chi connectivity index (χ2n) is 2.79. The van der Waals surface area contributed by atoms with Crippen LogP contribution < -0.4 is 0 Å². The summed E-state index contributed by atoms with van der Waals surface area (Å²) >= 11 is 0. The van der Waals surface area contributed by atoms with Crippen LogP contribution in [0.3, 0.4) is 0 Å². The van der Waals surface area contributed by atoms with Gasteiger partial charge in [0, 0.05) is 11.5 Å². The largest absolute Gasteiger partial charge is 0.451 e. The predicted octanol–water partition coefficient (Wildman–Crippen LogP) is 3.59. The van der Waals surface area contributed by atoms with E-state index in [1.54, 1.807) is 0 Å². The quantitative estimate of drug-likeness (QED) is 0.597. The first kappa shape index (κ1) is 9.05. The van der Waals surface area contributed by atoms with Gasteiger partial charge in [0.25, 0.3) is 0 Å². The molecule has 0 aliphatic carbocycles. The second kappa shape index (κ2) is 2.73. The van der Waals surface area contributed by atoms with Crippen molar-refractivity contribution < 1.29 is 22.0 Å². The van der Waals surface area contributed by atoms with Gasteiger partial charge in [0.15, 0.2) is 0 Å². The topological polar surface area (TPSA) is 13.1 Å². The molecule has 1 nitrogen and oxygen atoms in total. The van der Waals surface area contributed by atoms with Gasteiger partial charge in [0.2, 0.25) is 5.76 Å². The van der Waals surface area contributed by atoms with E-state index in [2.05, 4.69) is 4.42 Å². The molecule has 0 radical (unpaired) electrons. The smallest absolute Gasteiger partial charge is 0.449 e. The number of benzene rings is 1. The number of alkyl halides is 3. The molecule has 2 aromatic rings. The summed E-state index contributed by atoms with van der Waals surface area (Å²) in [6.07, 6.45) is -4.53. The highest BCUT2D eigenvalue weighted by Crippen LogP contribution is 2.33. The molecule has 0 fully saturated rings. The third-order valence-electron chi connectivity index (χ3n) is 1.76. The fourth-order valence-corrected chi connectivity index (χ4v) is 1.14. The molecule has 1 aromatic heterocycles. The molecular weight excluding hydrogens is 200 g/mol. The van der Waals surface area contributed by atoms with Crippen LogP contribution in [0.25, 0.3) is 11.0 Å². The zero-order valence-corrected chi connectivity index (χ0v) is 6.73. The van der Waals surface area contributed by atoms with Gasteiger partial charge in [-0.25, -0.2) is 4.39 Å². The summed E-state index contributed by atoms with van der Waals surface area (Å²) in [5, 5.41) is 0.235. The molecule has 74 valence electrons. The summed E-state index contributed by atoms with van der Waals surface area (Å²) in [5.74, 6) is -1.74. The van der Waals surface area contributed by atoms with Crippen molar-refractivity contribution in [1.29, 1.82) is 0 Å². The van der Waals surface area contributed by atoms with E-state index in [4.69, 9.17) is 0 Å². The molecule has 0 amide bonds. The molecule has 0 saturated heterocycles. The Morgan fingerprint density at radius 3 is 2.43 bits per heavy atom. The van der Waals surface area contributed by atoms with E-state index in [0.29, 0.717) is 0 Å². The van der Waals surface area contributed by atoms with Gasteiger partial charge in [-0.05, 0) is 18.2 Å². The Kier molecular flexibility index (Phi) is 1.77. The number of hydrogen-bond acceptors (Lipinski definition) is 1. The lowest BCUT2D eigenvalue weighted by molar-refractivity contribution is -0.152. The van der Waals surface area contributed by atoms with Gasteiger partial charge in [-0.15, -0.1) is 0 Å². The number of rotatable bonds is 0. The van der Waals surface area contributed by atoms with Crippen LogP contribution >= 0.6 is 0 Å². The maximum absolute atomic E-state index is 12.6. The van der Waals surface area contributed by atoms with Gasteiger partial charge in [-0.3, -0.25) is 0 Å². The third kappa shape index (κ3) is 1.45. The number of fused-ring (bicyclic) bond motifs is 1. The van der Waals surface area contributed by atoms with Crippen LogP contribution in [0.5, 0.6) is 0 Å². The molecule has 1 aromatic carbocycles. The molecule has 0 unspecified atom stereocenters. The minimum Gasteiger partial charge on any atom is -0.451 e. The van der Waals surface area contributed by atoms with E-state index in [0.717, 1.165) is 18.2 Å². The van der Waals surface area contributed by atoms with E-state index < -0.39 is 17.8 Å². The summed E-state index contributed by atoms with van der Waals surface area (Å²) in [4.78, 5) is 0. The van der Waals surface area contributed by atoms with Crippen molar-refractivity contribution in [3.8, 4) is 0 Å². The highest BCUT2D eigenvalue weighted by Gasteiger charge is 2.35. The van der Waals surface area contributed by atoms with Crippen LogP contribution in [-0.4, -0.2) is 0 Å². The van der Waals surface area contributed by atoms with Crippen molar-refractivity contribution in [1.82, 2.24) is 0 Å². The van der Waals surface area contributed by atoms with Crippen molar-refractivity contribution in [2.24, 2.45) is 0 Å². The van der Waals surface area contributed by atoms with Gasteiger partial charge in [0.05, 0.1) is 0 Å². The molecule has 0 saturated carbocycles. The molecule has 0 N–H and O–H groups in total. The lowest BCUT2D eigenvalue weighted by Crippen LogP contribution is -2.01. The predicted molar refractivity (Wildman–Crippen MR) is 41.2 cm³/mol. The summed E-state index contributed by atoms with van der Waals surface area (Å²) in [7, 11) is 0. The first-order valence-electron chi connectivity index (χ1n) is 3.73. The lowest BCUT2D eigenvalue weighted by atomic mass is 10.2.